The molecular formula is C41H53IrN2O2SSi-. The molecule has 0 amide bonds. The predicted molar refractivity (Wildman–Crippen MR) is 207 cm³/mol. The number of fused-ring (bicyclic) bond motifs is 4. The van der Waals surface area contributed by atoms with Crippen molar-refractivity contribution in [1.29, 1.82) is 0 Å². The molecule has 7 heteroatoms. The zero-order valence-electron chi connectivity index (χ0n) is 30.5. The Morgan fingerprint density at radius 2 is 1.56 bits per heavy atom. The molecule has 0 aliphatic rings. The number of ketones is 1. The van der Waals surface area contributed by atoms with Crippen LogP contribution in [0.3, 0.4) is 0 Å². The molecule has 48 heavy (non-hydrogen) atoms. The van der Waals surface area contributed by atoms with E-state index in [0.29, 0.717) is 0 Å². The number of aromatic nitrogens is 2. The Labute approximate surface area is 306 Å². The number of hydrogen-bond acceptors (Lipinski definition) is 5. The van der Waals surface area contributed by atoms with Gasteiger partial charge < -0.3 is 5.11 Å². The van der Waals surface area contributed by atoms with Crippen LogP contribution in [0.2, 0.25) is 19.6 Å². The molecule has 0 aliphatic heterocycles. The molecule has 0 aliphatic carbocycles. The maximum Gasteiger partial charge on any atom is 0.162 e. The van der Waals surface area contributed by atoms with Gasteiger partial charge in [0.05, 0.1) is 19.3 Å². The molecule has 0 unspecified atom stereocenters. The van der Waals surface area contributed by atoms with E-state index in [2.05, 4.69) is 100.0 Å². The van der Waals surface area contributed by atoms with Gasteiger partial charge >= 0.3 is 0 Å². The van der Waals surface area contributed by atoms with Gasteiger partial charge in [-0.05, 0) is 49.1 Å². The number of aliphatic hydroxyl groups excluding tert-OH is 1. The Morgan fingerprint density at radius 3 is 2.17 bits per heavy atom. The van der Waals surface area contributed by atoms with Crippen LogP contribution in [0.1, 0.15) is 79.7 Å². The zero-order chi connectivity index (χ0) is 34.5. The van der Waals surface area contributed by atoms with E-state index in [1.54, 1.807) is 6.33 Å². The summed E-state index contributed by atoms with van der Waals surface area (Å²) in [5, 5.41) is 14.9. The van der Waals surface area contributed by atoms with Crippen molar-refractivity contribution in [3.8, 4) is 11.3 Å². The quantitative estimate of drug-likeness (QED) is 0.0658. The third kappa shape index (κ3) is 9.50. The molecule has 3 aromatic carbocycles. The molecule has 0 bridgehead atoms. The Hall–Kier alpha value is -2.70. The fraction of sp³-hybridized carbons (Fsp3) is 0.439. The van der Waals surface area contributed by atoms with Crippen LogP contribution >= 0.6 is 11.3 Å². The SMILES string of the molecule is CC(C)(C)Cc1ccc2c(c1)sc1c(-c3[c-]c4ccccc4c([Si](C)(C)C)c3)ncnc12.CCC(CC)C(=O)/C=C(\O)C(CC)CC.[Ir]. The summed E-state index contributed by atoms with van der Waals surface area (Å²) in [6.07, 6.45) is 7.68. The van der Waals surface area contributed by atoms with Crippen molar-refractivity contribution in [2.24, 2.45) is 17.3 Å². The first-order valence-corrected chi connectivity index (χ1v) is 21.6. The molecule has 0 saturated carbocycles. The minimum Gasteiger partial charge on any atom is -0.512 e. The van der Waals surface area contributed by atoms with Crippen LogP contribution in [0.4, 0.5) is 0 Å². The van der Waals surface area contributed by atoms with Gasteiger partial charge in [0.25, 0.3) is 0 Å². The van der Waals surface area contributed by atoms with Gasteiger partial charge in [0.15, 0.2) is 5.78 Å². The van der Waals surface area contributed by atoms with E-state index in [4.69, 9.17) is 4.98 Å². The smallest absolute Gasteiger partial charge is 0.162 e. The van der Waals surface area contributed by atoms with Crippen molar-refractivity contribution in [3.63, 3.8) is 0 Å². The van der Waals surface area contributed by atoms with Crippen LogP contribution in [-0.4, -0.2) is 28.9 Å². The summed E-state index contributed by atoms with van der Waals surface area (Å²) < 4.78 is 2.44. The van der Waals surface area contributed by atoms with Crippen molar-refractivity contribution < 1.29 is 30.0 Å². The number of nitrogens with zero attached hydrogens (tertiary/aromatic N) is 2. The topological polar surface area (TPSA) is 63.1 Å². The normalized spacial score (nSPS) is 12.5. The third-order valence-electron chi connectivity index (χ3n) is 8.97. The van der Waals surface area contributed by atoms with E-state index >= 15 is 0 Å². The number of aliphatic hydroxyl groups is 1. The number of benzene rings is 3. The molecule has 5 aromatic rings. The second-order valence-corrected chi connectivity index (χ2v) is 21.1. The van der Waals surface area contributed by atoms with Crippen molar-refractivity contribution in [3.05, 3.63) is 78.3 Å². The van der Waals surface area contributed by atoms with E-state index in [-0.39, 0.29) is 48.9 Å². The fourth-order valence-corrected chi connectivity index (χ4v) is 9.12. The van der Waals surface area contributed by atoms with Crippen molar-refractivity contribution >= 4 is 61.5 Å². The van der Waals surface area contributed by atoms with Crippen molar-refractivity contribution in [2.45, 2.75) is 100 Å². The average Bonchev–Trinajstić information content (AvgIpc) is 3.38. The molecule has 0 spiro atoms. The molecule has 2 aromatic heterocycles. The minimum atomic E-state index is -1.55. The molecule has 2 heterocycles. The van der Waals surface area contributed by atoms with Gasteiger partial charge in [-0.15, -0.1) is 40.1 Å². The molecule has 0 saturated heterocycles. The summed E-state index contributed by atoms with van der Waals surface area (Å²) in [5.41, 5.74) is 4.77. The van der Waals surface area contributed by atoms with Gasteiger partial charge in [-0.3, -0.25) is 9.78 Å². The fourth-order valence-electron chi connectivity index (χ4n) is 6.29. The molecule has 4 nitrogen and oxygen atoms in total. The van der Waals surface area contributed by atoms with Crippen LogP contribution in [-0.2, 0) is 31.3 Å². The first-order valence-electron chi connectivity index (χ1n) is 17.3. The van der Waals surface area contributed by atoms with Gasteiger partial charge in [0.2, 0.25) is 0 Å². The molecule has 0 atom stereocenters. The number of carbonyl (C=O) groups is 1. The zero-order valence-corrected chi connectivity index (χ0v) is 34.7. The average molecular weight is 858 g/mol. The third-order valence-corrected chi connectivity index (χ3v) is 12.2. The van der Waals surface area contributed by atoms with Crippen molar-refractivity contribution in [2.75, 3.05) is 0 Å². The van der Waals surface area contributed by atoms with Crippen LogP contribution in [0.5, 0.6) is 0 Å². The van der Waals surface area contributed by atoms with Gasteiger partial charge in [0, 0.05) is 58.5 Å². The first kappa shape index (κ1) is 39.7. The van der Waals surface area contributed by atoms with Crippen LogP contribution in [0, 0.1) is 23.3 Å². The number of carbonyl (C=O) groups excluding carboxylic acids is 1. The Kier molecular flexibility index (Phi) is 13.9. The second kappa shape index (κ2) is 16.8. The Bertz CT molecular complexity index is 1880. The Morgan fingerprint density at radius 1 is 0.917 bits per heavy atom. The van der Waals surface area contributed by atoms with Crippen LogP contribution in [0.25, 0.3) is 42.3 Å². The maximum atomic E-state index is 11.7. The van der Waals surface area contributed by atoms with Crippen LogP contribution < -0.4 is 5.19 Å². The summed E-state index contributed by atoms with van der Waals surface area (Å²) >= 11 is 1.81. The standard InChI is InChI=1S/C28H29N2SSi.C13H24O2.Ir/c1-28(2,3)16-18-11-12-22-23(13-18)31-27-25(29-17-30-26(22)27)20-14-19-9-7-8-10-21(19)24(15-20)32(4,5)6;1-5-10(6-2)12(14)9-13(15)11(7-3)8-4;/h7-13,15,17H,16H2,1-6H3;9-11,14H,5-8H2,1-4H3;/q-1;;/b;12-9-;. The van der Waals surface area contributed by atoms with Gasteiger partial charge in [-0.2, -0.15) is 0 Å². The maximum absolute atomic E-state index is 11.7. The summed E-state index contributed by atoms with van der Waals surface area (Å²) in [6.45, 7) is 22.2. The molecule has 0 fully saturated rings. The number of hydrogen-bond donors (Lipinski definition) is 1. The molecule has 5 rings (SSSR count). The number of allylic oxidation sites excluding steroid dienone is 2. The molecular weight excluding hydrogens is 805 g/mol. The van der Waals surface area contributed by atoms with E-state index < -0.39 is 8.07 Å². The largest absolute Gasteiger partial charge is 0.512 e. The van der Waals surface area contributed by atoms with Crippen LogP contribution in [0.15, 0.2) is 66.7 Å². The molecule has 1 radical (unpaired) electrons. The summed E-state index contributed by atoms with van der Waals surface area (Å²) in [7, 11) is -1.55. The number of rotatable bonds is 10. The van der Waals surface area contributed by atoms with E-state index in [0.717, 1.165) is 53.6 Å². The minimum absolute atomic E-state index is 0. The summed E-state index contributed by atoms with van der Waals surface area (Å²) in [4.78, 5) is 21.2. The monoisotopic (exact) mass is 858 g/mol. The van der Waals surface area contributed by atoms with Gasteiger partial charge in [0.1, 0.15) is 6.33 Å². The van der Waals surface area contributed by atoms with Gasteiger partial charge in [-0.25, -0.2) is 4.98 Å². The first-order chi connectivity index (χ1) is 22.2. The van der Waals surface area contributed by atoms with Gasteiger partial charge in [-0.1, -0.05) is 109 Å². The predicted octanol–water partition coefficient (Wildman–Crippen LogP) is 11.5. The Balaban J connectivity index is 0.000000334. The molecule has 259 valence electrons. The van der Waals surface area contributed by atoms with Crippen molar-refractivity contribution in [1.82, 2.24) is 9.97 Å². The summed E-state index contributed by atoms with van der Waals surface area (Å²) in [6, 6.07) is 21.5. The van der Waals surface area contributed by atoms with E-state index in [1.807, 2.05) is 39.0 Å². The summed E-state index contributed by atoms with van der Waals surface area (Å²) in [5.74, 6) is 0.547. The van der Waals surface area contributed by atoms with E-state index in [1.165, 1.54) is 37.7 Å². The number of thiophene rings is 1. The second-order valence-electron chi connectivity index (χ2n) is 15.0. The molecule has 1 N–H and O–H groups in total. The van der Waals surface area contributed by atoms with E-state index in [9.17, 15) is 9.90 Å².